The summed E-state index contributed by atoms with van der Waals surface area (Å²) in [5, 5.41) is 3.88. The number of anilines is 1. The molecular formula is C14H18Cl2N2O. The van der Waals surface area contributed by atoms with Crippen LogP contribution in [0.3, 0.4) is 0 Å². The summed E-state index contributed by atoms with van der Waals surface area (Å²) in [4.78, 5) is 12.3. The van der Waals surface area contributed by atoms with Gasteiger partial charge in [-0.05, 0) is 31.0 Å². The second-order valence-corrected chi connectivity index (χ2v) is 5.87. The van der Waals surface area contributed by atoms with Crippen LogP contribution in [0.1, 0.15) is 32.1 Å². The Morgan fingerprint density at radius 2 is 1.95 bits per heavy atom. The number of benzene rings is 1. The van der Waals surface area contributed by atoms with Gasteiger partial charge in [-0.2, -0.15) is 0 Å². The van der Waals surface area contributed by atoms with Crippen molar-refractivity contribution in [3.05, 3.63) is 28.2 Å². The third-order valence-electron chi connectivity index (χ3n) is 3.59. The molecule has 0 spiro atoms. The summed E-state index contributed by atoms with van der Waals surface area (Å²) in [5.74, 6) is -0.198. The summed E-state index contributed by atoms with van der Waals surface area (Å²) in [5.41, 5.74) is 6.63. The van der Waals surface area contributed by atoms with E-state index in [9.17, 15) is 4.79 Å². The lowest BCUT2D eigenvalue weighted by molar-refractivity contribution is -0.120. The second kappa shape index (κ2) is 6.60. The van der Waals surface area contributed by atoms with Gasteiger partial charge in [0.25, 0.3) is 0 Å². The topological polar surface area (TPSA) is 55.1 Å². The van der Waals surface area contributed by atoms with Crippen molar-refractivity contribution in [2.24, 2.45) is 11.7 Å². The van der Waals surface area contributed by atoms with Gasteiger partial charge in [0.15, 0.2) is 0 Å². The summed E-state index contributed by atoms with van der Waals surface area (Å²) in [6.07, 6.45) is 5.04. The highest BCUT2D eigenvalue weighted by molar-refractivity contribution is 6.35. The van der Waals surface area contributed by atoms with Gasteiger partial charge in [0, 0.05) is 11.1 Å². The van der Waals surface area contributed by atoms with Crippen LogP contribution >= 0.6 is 23.2 Å². The van der Waals surface area contributed by atoms with E-state index in [4.69, 9.17) is 28.9 Å². The number of hydrogen-bond donors (Lipinski definition) is 2. The highest BCUT2D eigenvalue weighted by Gasteiger charge is 2.27. The molecule has 0 aromatic heterocycles. The van der Waals surface area contributed by atoms with Gasteiger partial charge in [-0.3, -0.25) is 4.79 Å². The van der Waals surface area contributed by atoms with Crippen LogP contribution in [0.2, 0.25) is 10.0 Å². The fraction of sp³-hybridized carbons (Fsp3) is 0.500. The van der Waals surface area contributed by atoms with E-state index in [1.807, 2.05) is 0 Å². The number of amides is 1. The molecule has 2 rings (SSSR count). The molecule has 104 valence electrons. The third-order valence-corrected chi connectivity index (χ3v) is 4.16. The molecule has 5 heteroatoms. The Morgan fingerprint density at radius 3 is 2.74 bits per heavy atom. The summed E-state index contributed by atoms with van der Waals surface area (Å²) >= 11 is 11.9. The van der Waals surface area contributed by atoms with Crippen molar-refractivity contribution in [3.63, 3.8) is 0 Å². The number of nitrogens with one attached hydrogen (secondary N) is 1. The van der Waals surface area contributed by atoms with E-state index in [0.29, 0.717) is 15.7 Å². The van der Waals surface area contributed by atoms with Crippen LogP contribution in [0.4, 0.5) is 5.69 Å². The van der Waals surface area contributed by atoms with E-state index < -0.39 is 0 Å². The highest BCUT2D eigenvalue weighted by Crippen LogP contribution is 2.28. The molecule has 3 N–H and O–H groups in total. The fourth-order valence-electron chi connectivity index (χ4n) is 2.48. The molecule has 1 fully saturated rings. The van der Waals surface area contributed by atoms with E-state index in [2.05, 4.69) is 5.32 Å². The molecule has 0 heterocycles. The minimum Gasteiger partial charge on any atom is -0.327 e. The van der Waals surface area contributed by atoms with Gasteiger partial charge in [0.05, 0.1) is 16.6 Å². The Balaban J connectivity index is 2.09. The Hall–Kier alpha value is -0.770. The fourth-order valence-corrected chi connectivity index (χ4v) is 2.82. The zero-order valence-electron chi connectivity index (χ0n) is 10.7. The zero-order valence-corrected chi connectivity index (χ0v) is 12.2. The normalized spacial score (nSPS) is 23.7. The van der Waals surface area contributed by atoms with Crippen LogP contribution in [-0.2, 0) is 4.79 Å². The maximum atomic E-state index is 12.3. The Kier molecular flexibility index (Phi) is 5.08. The molecule has 1 aromatic rings. The maximum absolute atomic E-state index is 12.3. The number of carbonyl (C=O) groups excluding carboxylic acids is 1. The van der Waals surface area contributed by atoms with Crippen LogP contribution < -0.4 is 11.1 Å². The molecule has 2 unspecified atom stereocenters. The standard InChI is InChI=1S/C14H18Cl2N2O/c15-9-6-7-11(16)13(8-9)18-14(19)10-4-2-1-3-5-12(10)17/h6-8,10,12H,1-5,17H2,(H,18,19). The number of halogens is 2. The number of nitrogens with two attached hydrogens (primary N) is 1. The first kappa shape index (κ1) is 14.6. The number of carbonyl (C=O) groups is 1. The van der Waals surface area contributed by atoms with E-state index in [-0.39, 0.29) is 17.9 Å². The average Bonchev–Trinajstić information content (AvgIpc) is 2.58. The minimum atomic E-state index is -0.141. The van der Waals surface area contributed by atoms with Crippen molar-refractivity contribution in [1.82, 2.24) is 0 Å². The molecule has 1 amide bonds. The second-order valence-electron chi connectivity index (χ2n) is 5.02. The van der Waals surface area contributed by atoms with E-state index in [0.717, 1.165) is 32.1 Å². The van der Waals surface area contributed by atoms with Crippen LogP contribution in [0.15, 0.2) is 18.2 Å². The largest absolute Gasteiger partial charge is 0.327 e. The van der Waals surface area contributed by atoms with Gasteiger partial charge in [-0.25, -0.2) is 0 Å². The highest BCUT2D eigenvalue weighted by atomic mass is 35.5. The molecule has 1 saturated carbocycles. The molecule has 19 heavy (non-hydrogen) atoms. The van der Waals surface area contributed by atoms with Crippen LogP contribution in [0.25, 0.3) is 0 Å². The first-order valence-corrected chi connectivity index (χ1v) is 7.35. The van der Waals surface area contributed by atoms with Crippen molar-refractivity contribution in [2.75, 3.05) is 5.32 Å². The summed E-state index contributed by atoms with van der Waals surface area (Å²) < 4.78 is 0. The van der Waals surface area contributed by atoms with Gasteiger partial charge < -0.3 is 11.1 Å². The summed E-state index contributed by atoms with van der Waals surface area (Å²) in [6.45, 7) is 0. The molecule has 1 aromatic carbocycles. The lowest BCUT2D eigenvalue weighted by Gasteiger charge is -2.21. The molecule has 0 saturated heterocycles. The molecular weight excluding hydrogens is 283 g/mol. The summed E-state index contributed by atoms with van der Waals surface area (Å²) in [6, 6.07) is 4.95. The lowest BCUT2D eigenvalue weighted by atomic mass is 9.94. The van der Waals surface area contributed by atoms with Crippen LogP contribution in [0.5, 0.6) is 0 Å². The molecule has 3 nitrogen and oxygen atoms in total. The first-order valence-electron chi connectivity index (χ1n) is 6.59. The predicted molar refractivity (Wildman–Crippen MR) is 79.6 cm³/mol. The Morgan fingerprint density at radius 1 is 1.21 bits per heavy atom. The third kappa shape index (κ3) is 3.85. The zero-order chi connectivity index (χ0) is 13.8. The van der Waals surface area contributed by atoms with Gasteiger partial charge in [-0.1, -0.05) is 42.5 Å². The van der Waals surface area contributed by atoms with Crippen LogP contribution in [0, 0.1) is 5.92 Å². The maximum Gasteiger partial charge on any atom is 0.229 e. The number of rotatable bonds is 2. The predicted octanol–water partition coefficient (Wildman–Crippen LogP) is 3.84. The van der Waals surface area contributed by atoms with Gasteiger partial charge in [0.2, 0.25) is 5.91 Å². The minimum absolute atomic E-state index is 0.0569. The van der Waals surface area contributed by atoms with Crippen molar-refractivity contribution < 1.29 is 4.79 Å². The molecule has 1 aliphatic rings. The summed E-state index contributed by atoms with van der Waals surface area (Å²) in [7, 11) is 0. The van der Waals surface area contributed by atoms with E-state index in [1.165, 1.54) is 0 Å². The molecule has 0 radical (unpaired) electrons. The smallest absolute Gasteiger partial charge is 0.229 e. The molecule has 0 bridgehead atoms. The molecule has 2 atom stereocenters. The SMILES string of the molecule is NC1CCCCCC1C(=O)Nc1cc(Cl)ccc1Cl. The van der Waals surface area contributed by atoms with Crippen molar-refractivity contribution in [3.8, 4) is 0 Å². The van der Waals surface area contributed by atoms with Gasteiger partial charge in [0.1, 0.15) is 0 Å². The van der Waals surface area contributed by atoms with Crippen molar-refractivity contribution in [2.45, 2.75) is 38.1 Å². The molecule has 1 aliphatic carbocycles. The molecule has 0 aliphatic heterocycles. The average molecular weight is 301 g/mol. The van der Waals surface area contributed by atoms with Gasteiger partial charge >= 0.3 is 0 Å². The van der Waals surface area contributed by atoms with E-state index >= 15 is 0 Å². The monoisotopic (exact) mass is 300 g/mol. The van der Waals surface area contributed by atoms with Gasteiger partial charge in [-0.15, -0.1) is 0 Å². The quantitative estimate of drug-likeness (QED) is 0.815. The van der Waals surface area contributed by atoms with Crippen LogP contribution in [-0.4, -0.2) is 11.9 Å². The Labute approximate surface area is 123 Å². The van der Waals surface area contributed by atoms with E-state index in [1.54, 1.807) is 18.2 Å². The van der Waals surface area contributed by atoms with Crippen molar-refractivity contribution in [1.29, 1.82) is 0 Å². The first-order chi connectivity index (χ1) is 9.08. The van der Waals surface area contributed by atoms with Crippen molar-refractivity contribution >= 4 is 34.8 Å². The lowest BCUT2D eigenvalue weighted by Crippen LogP contribution is -2.37. The Bertz CT molecular complexity index is 465. The number of hydrogen-bond acceptors (Lipinski definition) is 2.